The first-order chi connectivity index (χ1) is 16.4. The molecule has 2 fully saturated rings. The van der Waals surface area contributed by atoms with Crippen molar-refractivity contribution in [1.29, 1.82) is 0 Å². The highest BCUT2D eigenvalue weighted by atomic mass is 19.1. The first kappa shape index (κ1) is 22.2. The lowest BCUT2D eigenvalue weighted by Gasteiger charge is -2.35. The topological polar surface area (TPSA) is 62.3 Å². The number of halogens is 2. The number of aromatic nitrogens is 1. The molecule has 1 aromatic heterocycles. The summed E-state index contributed by atoms with van der Waals surface area (Å²) in [6.07, 6.45) is 4.88. The molecule has 0 radical (unpaired) electrons. The summed E-state index contributed by atoms with van der Waals surface area (Å²) in [4.78, 5) is 31.8. The van der Waals surface area contributed by atoms with Gasteiger partial charge in [-0.3, -0.25) is 14.6 Å². The zero-order chi connectivity index (χ0) is 23.7. The highest BCUT2D eigenvalue weighted by Gasteiger charge is 2.55. The van der Waals surface area contributed by atoms with Crippen LogP contribution in [0.3, 0.4) is 0 Å². The predicted molar refractivity (Wildman–Crippen MR) is 125 cm³/mol. The molecule has 7 heteroatoms. The van der Waals surface area contributed by atoms with Crippen LogP contribution in [0.15, 0.2) is 66.9 Å². The first-order valence-electron chi connectivity index (χ1n) is 11.5. The number of carbonyl (C=O) groups is 2. The van der Waals surface area contributed by atoms with Crippen LogP contribution in [0.4, 0.5) is 14.5 Å². The first-order valence-corrected chi connectivity index (χ1v) is 11.5. The number of benzene rings is 2. The van der Waals surface area contributed by atoms with Gasteiger partial charge in [0.25, 0.3) is 5.91 Å². The molecule has 1 saturated heterocycles. The number of amides is 2. The number of carbonyl (C=O) groups excluding carboxylic acids is 2. The lowest BCUT2D eigenvalue weighted by atomic mass is 9.80. The molecular formula is C27H25F2N3O2. The Morgan fingerprint density at radius 2 is 1.59 bits per heavy atom. The van der Waals surface area contributed by atoms with Crippen LogP contribution in [-0.4, -0.2) is 34.8 Å². The SMILES string of the molecule is O=C(c1ccccn1)N1CCC(C2(C(=O)Nc3ccc(-c4cc(F)cc(F)c4)cc3)CC2)CC1. The molecule has 1 aliphatic heterocycles. The van der Waals surface area contributed by atoms with Gasteiger partial charge in [-0.15, -0.1) is 0 Å². The van der Waals surface area contributed by atoms with E-state index in [1.165, 1.54) is 12.1 Å². The van der Waals surface area contributed by atoms with Gasteiger partial charge in [0.2, 0.25) is 5.91 Å². The van der Waals surface area contributed by atoms with Gasteiger partial charge in [0.1, 0.15) is 17.3 Å². The zero-order valence-electron chi connectivity index (χ0n) is 18.6. The number of nitrogens with zero attached hydrogens (tertiary/aromatic N) is 2. The van der Waals surface area contributed by atoms with E-state index in [2.05, 4.69) is 10.3 Å². The summed E-state index contributed by atoms with van der Waals surface area (Å²) in [5, 5.41) is 3.03. The van der Waals surface area contributed by atoms with Gasteiger partial charge in [-0.1, -0.05) is 18.2 Å². The van der Waals surface area contributed by atoms with E-state index in [-0.39, 0.29) is 23.1 Å². The van der Waals surface area contributed by atoms with Crippen molar-refractivity contribution >= 4 is 17.5 Å². The van der Waals surface area contributed by atoms with Gasteiger partial charge >= 0.3 is 0 Å². The Morgan fingerprint density at radius 3 is 2.18 bits per heavy atom. The average Bonchev–Trinajstić information content (AvgIpc) is 3.66. The van der Waals surface area contributed by atoms with E-state index in [1.54, 1.807) is 48.7 Å². The normalized spacial score (nSPS) is 17.3. The van der Waals surface area contributed by atoms with E-state index < -0.39 is 11.6 Å². The van der Waals surface area contributed by atoms with Crippen molar-refractivity contribution in [3.63, 3.8) is 0 Å². The minimum Gasteiger partial charge on any atom is -0.337 e. The molecule has 1 saturated carbocycles. The van der Waals surface area contributed by atoms with Gasteiger partial charge in [-0.2, -0.15) is 0 Å². The van der Waals surface area contributed by atoms with Crippen molar-refractivity contribution < 1.29 is 18.4 Å². The number of hydrogen-bond acceptors (Lipinski definition) is 3. The van der Waals surface area contributed by atoms with Gasteiger partial charge in [0.15, 0.2) is 0 Å². The summed E-state index contributed by atoms with van der Waals surface area (Å²) in [6.45, 7) is 1.24. The van der Waals surface area contributed by atoms with Crippen LogP contribution >= 0.6 is 0 Å². The molecule has 2 aromatic carbocycles. The summed E-state index contributed by atoms with van der Waals surface area (Å²) in [5.41, 5.74) is 1.83. The van der Waals surface area contributed by atoms with E-state index in [4.69, 9.17) is 0 Å². The number of anilines is 1. The molecule has 174 valence electrons. The van der Waals surface area contributed by atoms with Crippen LogP contribution in [-0.2, 0) is 4.79 Å². The largest absolute Gasteiger partial charge is 0.337 e. The zero-order valence-corrected chi connectivity index (χ0v) is 18.6. The Morgan fingerprint density at radius 1 is 0.912 bits per heavy atom. The number of piperidine rings is 1. The molecule has 0 bridgehead atoms. The van der Waals surface area contributed by atoms with Crippen LogP contribution in [0.1, 0.15) is 36.2 Å². The molecule has 5 rings (SSSR count). The van der Waals surface area contributed by atoms with Crippen molar-refractivity contribution in [1.82, 2.24) is 9.88 Å². The van der Waals surface area contributed by atoms with Gasteiger partial charge in [-0.25, -0.2) is 8.78 Å². The second-order valence-electron chi connectivity index (χ2n) is 9.13. The molecular weight excluding hydrogens is 436 g/mol. The third-order valence-electron chi connectivity index (χ3n) is 7.03. The number of hydrogen-bond donors (Lipinski definition) is 1. The smallest absolute Gasteiger partial charge is 0.272 e. The van der Waals surface area contributed by atoms with Crippen molar-refractivity contribution in [3.05, 3.63) is 84.2 Å². The number of rotatable bonds is 5. The van der Waals surface area contributed by atoms with Crippen molar-refractivity contribution in [2.45, 2.75) is 25.7 Å². The monoisotopic (exact) mass is 461 g/mol. The molecule has 5 nitrogen and oxygen atoms in total. The molecule has 0 atom stereocenters. The van der Waals surface area contributed by atoms with Gasteiger partial charge in [0.05, 0.1) is 5.41 Å². The highest BCUT2D eigenvalue weighted by Crippen LogP contribution is 2.56. The molecule has 2 aliphatic rings. The fraction of sp³-hybridized carbons (Fsp3) is 0.296. The second-order valence-corrected chi connectivity index (χ2v) is 9.13. The fourth-order valence-electron chi connectivity index (χ4n) is 4.96. The quantitative estimate of drug-likeness (QED) is 0.561. The highest BCUT2D eigenvalue weighted by molar-refractivity contribution is 5.97. The van der Waals surface area contributed by atoms with Gasteiger partial charge in [0, 0.05) is 31.0 Å². The summed E-state index contributed by atoms with van der Waals surface area (Å²) >= 11 is 0. The van der Waals surface area contributed by atoms with E-state index in [0.29, 0.717) is 35.6 Å². The molecule has 0 unspecified atom stereocenters. The third-order valence-corrected chi connectivity index (χ3v) is 7.03. The Bertz CT molecular complexity index is 1180. The summed E-state index contributed by atoms with van der Waals surface area (Å²) < 4.78 is 27.0. The Kier molecular flexibility index (Phi) is 5.86. The summed E-state index contributed by atoms with van der Waals surface area (Å²) in [7, 11) is 0. The molecule has 34 heavy (non-hydrogen) atoms. The number of nitrogens with one attached hydrogen (secondary N) is 1. The van der Waals surface area contributed by atoms with Crippen molar-refractivity contribution in [2.24, 2.45) is 11.3 Å². The summed E-state index contributed by atoms with van der Waals surface area (Å²) in [5.74, 6) is -1.08. The van der Waals surface area contributed by atoms with Crippen LogP contribution in [0, 0.1) is 23.0 Å². The molecule has 1 N–H and O–H groups in total. The van der Waals surface area contributed by atoms with Crippen LogP contribution in [0.5, 0.6) is 0 Å². The van der Waals surface area contributed by atoms with E-state index >= 15 is 0 Å². The van der Waals surface area contributed by atoms with E-state index in [9.17, 15) is 18.4 Å². The molecule has 1 aliphatic carbocycles. The third kappa shape index (κ3) is 4.42. The number of pyridine rings is 1. The maximum Gasteiger partial charge on any atom is 0.272 e. The van der Waals surface area contributed by atoms with Crippen LogP contribution < -0.4 is 5.32 Å². The molecule has 0 spiro atoms. The van der Waals surface area contributed by atoms with E-state index in [1.807, 2.05) is 4.90 Å². The van der Waals surface area contributed by atoms with Crippen molar-refractivity contribution in [3.8, 4) is 11.1 Å². The minimum absolute atomic E-state index is 0.00607. The molecule has 2 amide bonds. The lowest BCUT2D eigenvalue weighted by Crippen LogP contribution is -2.43. The Labute approximate surface area is 196 Å². The lowest BCUT2D eigenvalue weighted by molar-refractivity contribution is -0.123. The predicted octanol–water partition coefficient (Wildman–Crippen LogP) is 5.30. The van der Waals surface area contributed by atoms with E-state index in [0.717, 1.165) is 31.7 Å². The fourth-order valence-corrected chi connectivity index (χ4v) is 4.96. The summed E-state index contributed by atoms with van der Waals surface area (Å²) in [6, 6.07) is 15.7. The van der Waals surface area contributed by atoms with Gasteiger partial charge < -0.3 is 10.2 Å². The Balaban J connectivity index is 1.20. The standard InChI is InChI=1S/C27H25F2N3O2/c28-21-15-19(16-22(29)17-21)18-4-6-23(7-5-18)31-26(34)27(10-11-27)20-8-13-32(14-9-20)25(33)24-3-1-2-12-30-24/h1-7,12,15-17,20H,8-11,13-14H2,(H,31,34). The van der Waals surface area contributed by atoms with Gasteiger partial charge in [-0.05, 0) is 79.1 Å². The average molecular weight is 462 g/mol. The maximum absolute atomic E-state index is 13.5. The van der Waals surface area contributed by atoms with Crippen LogP contribution in [0.2, 0.25) is 0 Å². The minimum atomic E-state index is -0.629. The second kappa shape index (κ2) is 8.97. The number of likely N-dealkylation sites (tertiary alicyclic amines) is 1. The van der Waals surface area contributed by atoms with Crippen molar-refractivity contribution in [2.75, 3.05) is 18.4 Å². The molecule has 3 aromatic rings. The Hall–Kier alpha value is -3.61. The van der Waals surface area contributed by atoms with Crippen LogP contribution in [0.25, 0.3) is 11.1 Å². The molecule has 2 heterocycles. The maximum atomic E-state index is 13.5.